The van der Waals surface area contributed by atoms with Gasteiger partial charge in [0.1, 0.15) is 10.7 Å². The number of benzene rings is 2. The summed E-state index contributed by atoms with van der Waals surface area (Å²) in [5, 5.41) is 0.0464. The van der Waals surface area contributed by atoms with Gasteiger partial charge in [-0.1, -0.05) is 35.5 Å². The highest BCUT2D eigenvalue weighted by molar-refractivity contribution is 7.99. The summed E-state index contributed by atoms with van der Waals surface area (Å²) in [6.07, 6.45) is 0. The maximum absolute atomic E-state index is 13.7. The van der Waals surface area contributed by atoms with Gasteiger partial charge >= 0.3 is 0 Å². The van der Waals surface area contributed by atoms with Crippen LogP contribution in [0.2, 0.25) is 5.02 Å². The van der Waals surface area contributed by atoms with Gasteiger partial charge in [0.25, 0.3) is 15.8 Å². The summed E-state index contributed by atoms with van der Waals surface area (Å²) in [5.74, 6) is -3.74. The van der Waals surface area contributed by atoms with E-state index in [0.717, 1.165) is 12.1 Å². The van der Waals surface area contributed by atoms with Gasteiger partial charge in [0, 0.05) is 9.92 Å². The molecule has 2 aromatic carbocycles. The fraction of sp³-hybridized carbons (Fsp3) is 0.0769. The average molecular weight is 368 g/mol. The van der Waals surface area contributed by atoms with Crippen LogP contribution in [0.3, 0.4) is 0 Å². The molecule has 3 nitrogen and oxygen atoms in total. The third kappa shape index (κ3) is 4.08. The van der Waals surface area contributed by atoms with Crippen molar-refractivity contribution < 1.29 is 21.6 Å². The summed E-state index contributed by atoms with van der Waals surface area (Å²) in [7, 11) is -4.26. The van der Waals surface area contributed by atoms with Gasteiger partial charge in [0.05, 0.1) is 5.69 Å². The van der Waals surface area contributed by atoms with E-state index in [9.17, 15) is 21.6 Å². The molecule has 22 heavy (non-hydrogen) atoms. The van der Waals surface area contributed by atoms with E-state index in [1.807, 2.05) is 0 Å². The molecular formula is C13H9ClF3NO2S2. The number of halogens is 4. The number of hydrogen-bond donors (Lipinski definition) is 1. The zero-order valence-electron chi connectivity index (χ0n) is 10.8. The molecule has 0 bridgehead atoms. The molecule has 0 heterocycles. The van der Waals surface area contributed by atoms with Crippen LogP contribution in [-0.4, -0.2) is 14.2 Å². The van der Waals surface area contributed by atoms with Crippen LogP contribution in [0.4, 0.5) is 18.9 Å². The highest BCUT2D eigenvalue weighted by atomic mass is 35.5. The lowest BCUT2D eigenvalue weighted by Crippen LogP contribution is -2.15. The Labute approximate surface area is 134 Å². The van der Waals surface area contributed by atoms with E-state index in [1.165, 1.54) is 30.3 Å². The number of alkyl halides is 2. The molecule has 2 rings (SSSR count). The Morgan fingerprint density at radius 3 is 2.45 bits per heavy atom. The third-order valence-electron chi connectivity index (χ3n) is 2.53. The van der Waals surface area contributed by atoms with Crippen LogP contribution >= 0.6 is 23.4 Å². The first-order valence-corrected chi connectivity index (χ1v) is 8.55. The van der Waals surface area contributed by atoms with E-state index >= 15 is 0 Å². The van der Waals surface area contributed by atoms with Crippen molar-refractivity contribution in [2.24, 2.45) is 0 Å². The van der Waals surface area contributed by atoms with Crippen molar-refractivity contribution in [3.8, 4) is 0 Å². The van der Waals surface area contributed by atoms with E-state index in [1.54, 1.807) is 0 Å². The number of rotatable bonds is 5. The molecule has 1 N–H and O–H groups in total. The Morgan fingerprint density at radius 1 is 1.14 bits per heavy atom. The third-order valence-corrected chi connectivity index (χ3v) is 4.95. The Balaban J connectivity index is 2.37. The predicted octanol–water partition coefficient (Wildman–Crippen LogP) is 4.59. The maximum Gasteiger partial charge on any atom is 0.288 e. The summed E-state index contributed by atoms with van der Waals surface area (Å²) in [6.45, 7) is 0. The molecule has 0 aliphatic rings. The summed E-state index contributed by atoms with van der Waals surface area (Å²) < 4.78 is 65.1. The Kier molecular flexibility index (Phi) is 5.25. The van der Waals surface area contributed by atoms with Crippen LogP contribution < -0.4 is 4.72 Å². The minimum absolute atomic E-state index is 0.0375. The van der Waals surface area contributed by atoms with Crippen molar-refractivity contribution in [1.82, 2.24) is 0 Å². The van der Waals surface area contributed by atoms with Crippen LogP contribution in [0.15, 0.2) is 52.3 Å². The van der Waals surface area contributed by atoms with Crippen LogP contribution in [-0.2, 0) is 10.0 Å². The lowest BCUT2D eigenvalue weighted by Gasteiger charge is -2.12. The van der Waals surface area contributed by atoms with E-state index in [-0.39, 0.29) is 27.4 Å². The smallest absolute Gasteiger partial charge is 0.278 e. The fourth-order valence-corrected chi connectivity index (χ4v) is 3.60. The molecule has 2 aromatic rings. The van der Waals surface area contributed by atoms with Gasteiger partial charge in [-0.25, -0.2) is 12.8 Å². The molecule has 0 spiro atoms. The average Bonchev–Trinajstić information content (AvgIpc) is 2.39. The van der Waals surface area contributed by atoms with E-state index < -0.39 is 26.5 Å². The Hall–Kier alpha value is -1.38. The standard InChI is InChI=1S/C13H9ClF3NO2S2/c14-8-5-6-12(9(15)7-8)22(19,20)18-10-3-1-2-4-11(10)21-13(16)17/h1-7,13,18H. The van der Waals surface area contributed by atoms with Gasteiger partial charge in [-0.3, -0.25) is 4.72 Å². The van der Waals surface area contributed by atoms with Crippen molar-refractivity contribution in [2.75, 3.05) is 4.72 Å². The Bertz CT molecular complexity index is 785. The highest BCUT2D eigenvalue weighted by Gasteiger charge is 2.21. The minimum Gasteiger partial charge on any atom is -0.278 e. The molecule has 0 radical (unpaired) electrons. The van der Waals surface area contributed by atoms with Crippen LogP contribution in [0.1, 0.15) is 0 Å². The largest absolute Gasteiger partial charge is 0.288 e. The van der Waals surface area contributed by atoms with Gasteiger partial charge in [-0.2, -0.15) is 8.78 Å². The molecule has 0 unspecified atom stereocenters. The van der Waals surface area contributed by atoms with Gasteiger partial charge < -0.3 is 0 Å². The van der Waals surface area contributed by atoms with Crippen molar-refractivity contribution in [3.05, 3.63) is 53.3 Å². The Morgan fingerprint density at radius 2 is 1.82 bits per heavy atom. The first-order valence-electron chi connectivity index (χ1n) is 5.81. The lowest BCUT2D eigenvalue weighted by atomic mass is 10.3. The molecule has 0 aromatic heterocycles. The van der Waals surface area contributed by atoms with E-state index in [0.29, 0.717) is 0 Å². The molecule has 0 saturated heterocycles. The molecule has 0 aliphatic heterocycles. The molecule has 0 saturated carbocycles. The molecular weight excluding hydrogens is 359 g/mol. The van der Waals surface area contributed by atoms with Crippen LogP contribution in [0.5, 0.6) is 0 Å². The first kappa shape index (κ1) is 17.0. The maximum atomic E-state index is 13.7. The van der Waals surface area contributed by atoms with Gasteiger partial charge in [-0.15, -0.1) is 0 Å². The molecule has 0 amide bonds. The zero-order chi connectivity index (χ0) is 16.3. The molecule has 118 valence electrons. The second-order valence-electron chi connectivity index (χ2n) is 4.05. The van der Waals surface area contributed by atoms with Crippen LogP contribution in [0.25, 0.3) is 0 Å². The summed E-state index contributed by atoms with van der Waals surface area (Å²) in [6, 6.07) is 8.71. The number of nitrogens with one attached hydrogen (secondary N) is 1. The topological polar surface area (TPSA) is 46.2 Å². The summed E-state index contributed by atoms with van der Waals surface area (Å²) in [4.78, 5) is -0.579. The quantitative estimate of drug-likeness (QED) is 0.786. The zero-order valence-corrected chi connectivity index (χ0v) is 13.2. The van der Waals surface area contributed by atoms with Crippen molar-refractivity contribution in [3.63, 3.8) is 0 Å². The van der Waals surface area contributed by atoms with Gasteiger partial charge in [-0.05, 0) is 30.3 Å². The highest BCUT2D eigenvalue weighted by Crippen LogP contribution is 2.33. The molecule has 0 aliphatic carbocycles. The minimum atomic E-state index is -4.26. The summed E-state index contributed by atoms with van der Waals surface area (Å²) >= 11 is 5.76. The van der Waals surface area contributed by atoms with Crippen molar-refractivity contribution in [1.29, 1.82) is 0 Å². The van der Waals surface area contributed by atoms with Crippen LogP contribution in [0, 0.1) is 5.82 Å². The number of anilines is 1. The van der Waals surface area contributed by atoms with Gasteiger partial charge in [0.2, 0.25) is 0 Å². The molecule has 0 fully saturated rings. The number of thioether (sulfide) groups is 1. The normalized spacial score (nSPS) is 11.7. The van der Waals surface area contributed by atoms with E-state index in [2.05, 4.69) is 4.72 Å². The fourth-order valence-electron chi connectivity index (χ4n) is 1.64. The predicted molar refractivity (Wildman–Crippen MR) is 80.5 cm³/mol. The van der Waals surface area contributed by atoms with Gasteiger partial charge in [0.15, 0.2) is 0 Å². The SMILES string of the molecule is O=S(=O)(Nc1ccccc1SC(F)F)c1ccc(Cl)cc1F. The monoisotopic (exact) mass is 367 g/mol. The first-order chi connectivity index (χ1) is 10.3. The van der Waals surface area contributed by atoms with E-state index in [4.69, 9.17) is 11.6 Å². The van der Waals surface area contributed by atoms with Crippen molar-refractivity contribution in [2.45, 2.75) is 15.5 Å². The molecule has 0 atom stereocenters. The number of hydrogen-bond acceptors (Lipinski definition) is 3. The molecule has 9 heteroatoms. The van der Waals surface area contributed by atoms with Crippen molar-refractivity contribution >= 4 is 39.1 Å². The number of sulfonamides is 1. The lowest BCUT2D eigenvalue weighted by molar-refractivity contribution is 0.252. The second-order valence-corrected chi connectivity index (χ2v) is 7.17. The number of para-hydroxylation sites is 1. The summed E-state index contributed by atoms with van der Waals surface area (Å²) in [5.41, 5.74) is -0.0536. The second kappa shape index (κ2) is 6.80.